The molecule has 202 valence electrons. The third-order valence-electron chi connectivity index (χ3n) is 6.52. The summed E-state index contributed by atoms with van der Waals surface area (Å²) >= 11 is 12.6. The van der Waals surface area contributed by atoms with Crippen LogP contribution in [-0.2, 0) is 22.6 Å². The number of carbonyl (C=O) groups is 2. The van der Waals surface area contributed by atoms with Gasteiger partial charge in [0, 0.05) is 29.1 Å². The molecule has 0 aliphatic carbocycles. The second-order valence-corrected chi connectivity index (χ2v) is 10.6. The van der Waals surface area contributed by atoms with Crippen LogP contribution in [0.25, 0.3) is 0 Å². The van der Waals surface area contributed by atoms with Crippen molar-refractivity contribution in [2.75, 3.05) is 6.61 Å². The molecule has 0 radical (unpaired) electrons. The number of ether oxygens (including phenoxy) is 1. The smallest absolute Gasteiger partial charge is 0.261 e. The Morgan fingerprint density at radius 2 is 1.63 bits per heavy atom. The molecule has 0 heterocycles. The zero-order chi connectivity index (χ0) is 27.7. The van der Waals surface area contributed by atoms with E-state index in [4.69, 9.17) is 27.9 Å². The molecule has 0 aliphatic heterocycles. The van der Waals surface area contributed by atoms with Crippen LogP contribution in [0.15, 0.2) is 72.8 Å². The van der Waals surface area contributed by atoms with Crippen molar-refractivity contribution >= 4 is 35.0 Å². The summed E-state index contributed by atoms with van der Waals surface area (Å²) in [7, 11) is 0. The fourth-order valence-corrected chi connectivity index (χ4v) is 4.61. The summed E-state index contributed by atoms with van der Waals surface area (Å²) < 4.78 is 6.03. The van der Waals surface area contributed by atoms with E-state index in [1.807, 2.05) is 68.4 Å². The van der Waals surface area contributed by atoms with Crippen LogP contribution in [0.5, 0.6) is 5.75 Å². The van der Waals surface area contributed by atoms with Gasteiger partial charge >= 0.3 is 0 Å². The van der Waals surface area contributed by atoms with E-state index >= 15 is 0 Å². The van der Waals surface area contributed by atoms with Gasteiger partial charge in [0.15, 0.2) is 6.61 Å². The molecule has 0 saturated carbocycles. The van der Waals surface area contributed by atoms with E-state index in [-0.39, 0.29) is 36.9 Å². The molecule has 0 fully saturated rings. The van der Waals surface area contributed by atoms with Gasteiger partial charge in [-0.1, -0.05) is 98.6 Å². The van der Waals surface area contributed by atoms with E-state index in [0.29, 0.717) is 27.8 Å². The number of carbonyl (C=O) groups excluding carboxylic acids is 2. The molecule has 3 rings (SSSR count). The van der Waals surface area contributed by atoms with Gasteiger partial charge in [-0.2, -0.15) is 0 Å². The summed E-state index contributed by atoms with van der Waals surface area (Å²) in [5, 5.41) is 4.00. The maximum Gasteiger partial charge on any atom is 0.261 e. The van der Waals surface area contributed by atoms with Crippen LogP contribution in [-0.4, -0.2) is 35.4 Å². The Morgan fingerprint density at radius 3 is 2.29 bits per heavy atom. The number of amides is 2. The van der Waals surface area contributed by atoms with Crippen LogP contribution >= 0.6 is 23.2 Å². The van der Waals surface area contributed by atoms with E-state index in [1.165, 1.54) is 0 Å². The van der Waals surface area contributed by atoms with Gasteiger partial charge in [-0.25, -0.2) is 0 Å². The minimum absolute atomic E-state index is 0.0361. The van der Waals surface area contributed by atoms with E-state index in [9.17, 15) is 9.59 Å². The van der Waals surface area contributed by atoms with Crippen LogP contribution in [0, 0.1) is 0 Å². The lowest BCUT2D eigenvalue weighted by molar-refractivity contribution is -0.143. The summed E-state index contributed by atoms with van der Waals surface area (Å²) in [5.41, 5.74) is 2.66. The zero-order valence-electron chi connectivity index (χ0n) is 22.4. The average molecular weight is 556 g/mol. The summed E-state index contributed by atoms with van der Waals surface area (Å²) in [6.07, 6.45) is 1.12. The average Bonchev–Trinajstić information content (AvgIpc) is 2.90. The van der Waals surface area contributed by atoms with E-state index in [2.05, 4.69) is 19.2 Å². The largest absolute Gasteiger partial charge is 0.483 e. The number of hydrogen-bond acceptors (Lipinski definition) is 3. The Hall–Kier alpha value is -3.02. The monoisotopic (exact) mass is 554 g/mol. The fraction of sp³-hybridized carbons (Fsp3) is 0.355. The Labute approximate surface area is 236 Å². The highest BCUT2D eigenvalue weighted by atomic mass is 35.5. The van der Waals surface area contributed by atoms with Crippen LogP contribution in [0.4, 0.5) is 0 Å². The first-order chi connectivity index (χ1) is 18.2. The zero-order valence-corrected chi connectivity index (χ0v) is 23.9. The number of nitrogens with zero attached hydrogens (tertiary/aromatic N) is 1. The van der Waals surface area contributed by atoms with Gasteiger partial charge in [-0.3, -0.25) is 9.59 Å². The quantitative estimate of drug-likeness (QED) is 0.261. The first-order valence-corrected chi connectivity index (χ1v) is 13.7. The summed E-state index contributed by atoms with van der Waals surface area (Å²) in [4.78, 5) is 29.0. The Bertz CT molecular complexity index is 1220. The van der Waals surface area contributed by atoms with Gasteiger partial charge in [0.25, 0.3) is 5.91 Å². The van der Waals surface area contributed by atoms with Gasteiger partial charge < -0.3 is 15.0 Å². The van der Waals surface area contributed by atoms with Crippen molar-refractivity contribution in [3.8, 4) is 5.75 Å². The molecule has 0 bridgehead atoms. The highest BCUT2D eigenvalue weighted by Gasteiger charge is 2.32. The SMILES string of the molecule is CC[C@@H](C)NC(=O)[C@H](Cc1ccccc1)N(Cc1ccc(Cl)cc1Cl)C(=O)COc1ccccc1C(C)C. The van der Waals surface area contributed by atoms with E-state index in [1.54, 1.807) is 23.1 Å². The maximum atomic E-state index is 13.8. The molecule has 0 saturated heterocycles. The lowest BCUT2D eigenvalue weighted by atomic mass is 10.0. The van der Waals surface area contributed by atoms with Crippen molar-refractivity contribution in [1.82, 2.24) is 10.2 Å². The second-order valence-electron chi connectivity index (χ2n) is 9.76. The van der Waals surface area contributed by atoms with Gasteiger partial charge in [0.2, 0.25) is 5.91 Å². The number of benzene rings is 3. The highest BCUT2D eigenvalue weighted by Crippen LogP contribution is 2.27. The van der Waals surface area contributed by atoms with Crippen LogP contribution < -0.4 is 10.1 Å². The third kappa shape index (κ3) is 8.24. The van der Waals surface area contributed by atoms with E-state index in [0.717, 1.165) is 17.5 Å². The van der Waals surface area contributed by atoms with Crippen LogP contribution in [0.3, 0.4) is 0 Å². The Kier molecular flexibility index (Phi) is 11.1. The third-order valence-corrected chi connectivity index (χ3v) is 7.11. The molecule has 0 unspecified atom stereocenters. The van der Waals surface area contributed by atoms with Gasteiger partial charge in [0.05, 0.1) is 0 Å². The van der Waals surface area contributed by atoms with Crippen molar-refractivity contribution in [2.24, 2.45) is 0 Å². The predicted molar refractivity (Wildman–Crippen MR) is 155 cm³/mol. The van der Waals surface area contributed by atoms with Crippen molar-refractivity contribution in [2.45, 2.75) is 65.1 Å². The Morgan fingerprint density at radius 1 is 0.947 bits per heavy atom. The van der Waals surface area contributed by atoms with Gasteiger partial charge in [0.1, 0.15) is 11.8 Å². The molecular weight excluding hydrogens is 519 g/mol. The van der Waals surface area contributed by atoms with Gasteiger partial charge in [-0.15, -0.1) is 0 Å². The van der Waals surface area contributed by atoms with Crippen molar-refractivity contribution in [3.63, 3.8) is 0 Å². The molecule has 3 aromatic rings. The molecule has 5 nitrogen and oxygen atoms in total. The van der Waals surface area contributed by atoms with Crippen LogP contribution in [0.1, 0.15) is 56.7 Å². The lowest BCUT2D eigenvalue weighted by Gasteiger charge is -2.32. The highest BCUT2D eigenvalue weighted by molar-refractivity contribution is 6.35. The molecule has 0 aliphatic rings. The summed E-state index contributed by atoms with van der Waals surface area (Å²) in [5.74, 6) is 0.362. The number of rotatable bonds is 12. The molecule has 2 amide bonds. The molecule has 0 spiro atoms. The molecule has 38 heavy (non-hydrogen) atoms. The molecular formula is C31H36Cl2N2O3. The fourth-order valence-electron chi connectivity index (χ4n) is 4.14. The first kappa shape index (κ1) is 29.5. The minimum atomic E-state index is -0.769. The lowest BCUT2D eigenvalue weighted by Crippen LogP contribution is -2.53. The molecule has 7 heteroatoms. The Balaban J connectivity index is 1.97. The summed E-state index contributed by atoms with van der Waals surface area (Å²) in [6, 6.07) is 21.7. The van der Waals surface area contributed by atoms with Crippen molar-refractivity contribution in [1.29, 1.82) is 0 Å². The molecule has 3 aromatic carbocycles. The number of nitrogens with one attached hydrogen (secondary N) is 1. The maximum absolute atomic E-state index is 13.8. The number of hydrogen-bond donors (Lipinski definition) is 1. The molecule has 1 N–H and O–H groups in total. The van der Waals surface area contributed by atoms with E-state index < -0.39 is 6.04 Å². The van der Waals surface area contributed by atoms with Crippen molar-refractivity contribution < 1.29 is 14.3 Å². The predicted octanol–water partition coefficient (Wildman–Crippen LogP) is 7.05. The van der Waals surface area contributed by atoms with Crippen molar-refractivity contribution in [3.05, 3.63) is 99.5 Å². The standard InChI is InChI=1S/C31H36Cl2N2O3/c1-5-22(4)34-31(37)28(17-23-11-7-6-8-12-23)35(19-24-15-16-25(32)18-27(24)33)30(36)20-38-29-14-10-9-13-26(29)21(2)3/h6-16,18,21-22,28H,5,17,19-20H2,1-4H3,(H,34,37)/t22-,28+/m1/s1. The molecule has 2 atom stereocenters. The summed E-state index contributed by atoms with van der Waals surface area (Å²) in [6.45, 7) is 8.04. The first-order valence-electron chi connectivity index (χ1n) is 13.0. The number of halogens is 2. The topological polar surface area (TPSA) is 58.6 Å². The minimum Gasteiger partial charge on any atom is -0.483 e. The second kappa shape index (κ2) is 14.2. The van der Waals surface area contributed by atoms with Gasteiger partial charge in [-0.05, 0) is 54.2 Å². The normalized spacial score (nSPS) is 12.6. The van der Waals surface area contributed by atoms with Crippen LogP contribution in [0.2, 0.25) is 10.0 Å². The number of para-hydroxylation sites is 1. The molecule has 0 aromatic heterocycles.